The van der Waals surface area contributed by atoms with Crippen molar-refractivity contribution in [2.75, 3.05) is 33.2 Å². The van der Waals surface area contributed by atoms with Crippen molar-refractivity contribution < 1.29 is 9.59 Å². The number of likely N-dealkylation sites (N-methyl/N-ethyl adjacent to an activating group) is 2. The summed E-state index contributed by atoms with van der Waals surface area (Å²) < 4.78 is 0. The van der Waals surface area contributed by atoms with Crippen LogP contribution in [0.3, 0.4) is 0 Å². The van der Waals surface area contributed by atoms with E-state index in [2.05, 4.69) is 5.32 Å². The van der Waals surface area contributed by atoms with E-state index in [1.54, 1.807) is 28.2 Å². The van der Waals surface area contributed by atoms with Crippen molar-refractivity contribution in [1.82, 2.24) is 15.1 Å². The molecule has 6 heteroatoms. The van der Waals surface area contributed by atoms with E-state index < -0.39 is 0 Å². The third kappa shape index (κ3) is 5.85. The van der Waals surface area contributed by atoms with E-state index >= 15 is 0 Å². The van der Waals surface area contributed by atoms with Crippen molar-refractivity contribution >= 4 is 23.2 Å². The third-order valence-electron chi connectivity index (χ3n) is 3.28. The minimum Gasteiger partial charge on any atom is -0.348 e. The molecule has 2 amide bonds. The third-order valence-corrected chi connectivity index (χ3v) is 4.34. The topological polar surface area (TPSA) is 52.7 Å². The predicted octanol–water partition coefficient (Wildman–Crippen LogP) is 1.73. The van der Waals surface area contributed by atoms with E-state index in [0.29, 0.717) is 13.1 Å². The molecule has 0 aromatic carbocycles. The zero-order valence-electron chi connectivity index (χ0n) is 13.3. The molecule has 0 aliphatic carbocycles. The molecule has 1 heterocycles. The van der Waals surface area contributed by atoms with Gasteiger partial charge in [0.25, 0.3) is 0 Å². The van der Waals surface area contributed by atoms with Crippen LogP contribution in [-0.4, -0.2) is 54.8 Å². The van der Waals surface area contributed by atoms with E-state index in [-0.39, 0.29) is 30.9 Å². The van der Waals surface area contributed by atoms with Crippen LogP contribution in [-0.2, 0) is 9.59 Å². The van der Waals surface area contributed by atoms with Crippen molar-refractivity contribution in [1.29, 1.82) is 0 Å². The molecule has 0 aliphatic heterocycles. The Morgan fingerprint density at radius 2 is 1.95 bits per heavy atom. The molecule has 1 N–H and O–H groups in total. The van der Waals surface area contributed by atoms with Gasteiger partial charge in [-0.15, -0.1) is 11.3 Å². The molecule has 1 aromatic heterocycles. The van der Waals surface area contributed by atoms with Crippen LogP contribution in [0.15, 0.2) is 17.5 Å². The number of thiophene rings is 1. The Balaban J connectivity index is 2.38. The largest absolute Gasteiger partial charge is 0.348 e. The number of rotatable bonds is 8. The minimum atomic E-state index is -0.0641. The first-order valence-corrected chi connectivity index (χ1v) is 8.14. The van der Waals surface area contributed by atoms with Crippen molar-refractivity contribution in [3.8, 4) is 0 Å². The minimum absolute atomic E-state index is 0.00406. The zero-order chi connectivity index (χ0) is 15.8. The van der Waals surface area contributed by atoms with Crippen LogP contribution in [0.25, 0.3) is 0 Å². The Labute approximate surface area is 130 Å². The lowest BCUT2D eigenvalue weighted by Gasteiger charge is -2.23. The second kappa shape index (κ2) is 8.79. The summed E-state index contributed by atoms with van der Waals surface area (Å²) in [6, 6.07) is 3.98. The maximum Gasteiger partial charge on any atom is 0.236 e. The van der Waals surface area contributed by atoms with Crippen molar-refractivity contribution in [2.24, 2.45) is 0 Å². The van der Waals surface area contributed by atoms with Gasteiger partial charge in [-0.05, 0) is 39.3 Å². The number of hydrogen-bond donors (Lipinski definition) is 1. The number of nitrogens with one attached hydrogen (secondary N) is 1. The lowest BCUT2D eigenvalue weighted by Crippen LogP contribution is -2.42. The highest BCUT2D eigenvalue weighted by atomic mass is 32.1. The fourth-order valence-electron chi connectivity index (χ4n) is 2.10. The second-order valence-electron chi connectivity index (χ2n) is 5.04. The van der Waals surface area contributed by atoms with Gasteiger partial charge in [-0.1, -0.05) is 6.07 Å². The first kappa shape index (κ1) is 17.7. The maximum absolute atomic E-state index is 12.0. The molecule has 0 fully saturated rings. The maximum atomic E-state index is 12.0. The molecule has 0 bridgehead atoms. The number of carbonyl (C=O) groups excluding carboxylic acids is 2. The summed E-state index contributed by atoms with van der Waals surface area (Å²) in [4.78, 5) is 28.6. The molecule has 1 aromatic rings. The standard InChI is InChI=1S/C15H25N3O2S/c1-5-18(6-2)15(20)11-17(4)10-14(19)16-12(3)13-8-7-9-21-13/h7-9,12H,5-6,10-11H2,1-4H3,(H,16,19)/t12-/m1/s1. The molecule has 118 valence electrons. The molecular formula is C15H25N3O2S. The van der Waals surface area contributed by atoms with Gasteiger partial charge in [0.2, 0.25) is 11.8 Å². The molecule has 1 atom stereocenters. The fraction of sp³-hybridized carbons (Fsp3) is 0.600. The van der Waals surface area contributed by atoms with E-state index in [0.717, 1.165) is 4.88 Å². The van der Waals surface area contributed by atoms with Gasteiger partial charge < -0.3 is 10.2 Å². The number of nitrogens with zero attached hydrogens (tertiary/aromatic N) is 2. The Morgan fingerprint density at radius 3 is 2.48 bits per heavy atom. The molecule has 0 saturated carbocycles. The number of hydrogen-bond acceptors (Lipinski definition) is 4. The van der Waals surface area contributed by atoms with Gasteiger partial charge in [-0.3, -0.25) is 14.5 Å². The quantitative estimate of drug-likeness (QED) is 0.795. The molecule has 0 unspecified atom stereocenters. The monoisotopic (exact) mass is 311 g/mol. The van der Waals surface area contributed by atoms with Crippen LogP contribution < -0.4 is 5.32 Å². The summed E-state index contributed by atoms with van der Waals surface area (Å²) >= 11 is 1.62. The predicted molar refractivity (Wildman–Crippen MR) is 86.3 cm³/mol. The van der Waals surface area contributed by atoms with Gasteiger partial charge in [-0.2, -0.15) is 0 Å². The van der Waals surface area contributed by atoms with Crippen LogP contribution in [0.2, 0.25) is 0 Å². The van der Waals surface area contributed by atoms with Gasteiger partial charge in [0, 0.05) is 18.0 Å². The molecule has 0 aliphatic rings. The number of carbonyl (C=O) groups is 2. The average Bonchev–Trinajstić information content (AvgIpc) is 2.93. The van der Waals surface area contributed by atoms with Gasteiger partial charge in [0.1, 0.15) is 0 Å². The smallest absolute Gasteiger partial charge is 0.236 e. The SMILES string of the molecule is CCN(CC)C(=O)CN(C)CC(=O)N[C@H](C)c1cccs1. The first-order chi connectivity index (χ1) is 9.97. The van der Waals surface area contributed by atoms with Crippen LogP contribution >= 0.6 is 11.3 Å². The zero-order valence-corrected chi connectivity index (χ0v) is 14.1. The summed E-state index contributed by atoms with van der Waals surface area (Å²) in [5.41, 5.74) is 0. The molecule has 0 saturated heterocycles. The molecule has 5 nitrogen and oxygen atoms in total. The van der Waals surface area contributed by atoms with Crippen molar-refractivity contribution in [2.45, 2.75) is 26.8 Å². The molecule has 0 spiro atoms. The Bertz CT molecular complexity index is 444. The summed E-state index contributed by atoms with van der Waals surface area (Å²) in [6.45, 7) is 7.76. The average molecular weight is 311 g/mol. The van der Waals surface area contributed by atoms with E-state index in [1.807, 2.05) is 38.3 Å². The Hall–Kier alpha value is -1.40. The van der Waals surface area contributed by atoms with Gasteiger partial charge in [0.05, 0.1) is 19.1 Å². The van der Waals surface area contributed by atoms with E-state index in [4.69, 9.17) is 0 Å². The Kier molecular flexibility index (Phi) is 7.39. The highest BCUT2D eigenvalue weighted by Crippen LogP contribution is 2.17. The summed E-state index contributed by atoms with van der Waals surface area (Å²) in [5.74, 6) is -0.00708. The van der Waals surface area contributed by atoms with Crippen LogP contribution in [0.5, 0.6) is 0 Å². The second-order valence-corrected chi connectivity index (χ2v) is 6.02. The molecular weight excluding hydrogens is 286 g/mol. The molecule has 1 rings (SSSR count). The normalized spacial score (nSPS) is 12.2. The van der Waals surface area contributed by atoms with Crippen LogP contribution in [0.4, 0.5) is 0 Å². The van der Waals surface area contributed by atoms with Crippen molar-refractivity contribution in [3.05, 3.63) is 22.4 Å². The summed E-state index contributed by atoms with van der Waals surface area (Å²) in [7, 11) is 1.79. The first-order valence-electron chi connectivity index (χ1n) is 7.27. The summed E-state index contributed by atoms with van der Waals surface area (Å²) in [5, 5.41) is 4.94. The van der Waals surface area contributed by atoms with Gasteiger partial charge >= 0.3 is 0 Å². The molecule has 21 heavy (non-hydrogen) atoms. The lowest BCUT2D eigenvalue weighted by atomic mass is 10.2. The van der Waals surface area contributed by atoms with E-state index in [9.17, 15) is 9.59 Å². The van der Waals surface area contributed by atoms with Crippen molar-refractivity contribution in [3.63, 3.8) is 0 Å². The summed E-state index contributed by atoms with van der Waals surface area (Å²) in [6.07, 6.45) is 0. The highest BCUT2D eigenvalue weighted by molar-refractivity contribution is 7.10. The number of amides is 2. The van der Waals surface area contributed by atoms with Gasteiger partial charge in [-0.25, -0.2) is 0 Å². The van der Waals surface area contributed by atoms with Crippen LogP contribution in [0, 0.1) is 0 Å². The van der Waals surface area contributed by atoms with E-state index in [1.165, 1.54) is 0 Å². The molecule has 0 radical (unpaired) electrons. The Morgan fingerprint density at radius 1 is 1.29 bits per heavy atom. The lowest BCUT2D eigenvalue weighted by molar-refractivity contribution is -0.132. The van der Waals surface area contributed by atoms with Gasteiger partial charge in [0.15, 0.2) is 0 Å². The fourth-order valence-corrected chi connectivity index (χ4v) is 2.84. The highest BCUT2D eigenvalue weighted by Gasteiger charge is 2.16. The van der Waals surface area contributed by atoms with Crippen LogP contribution in [0.1, 0.15) is 31.7 Å².